The molecule has 0 aromatic carbocycles. The predicted molar refractivity (Wildman–Crippen MR) is 60.7 cm³/mol. The van der Waals surface area contributed by atoms with Crippen LogP contribution in [0.15, 0.2) is 34.1 Å². The first-order valence-electron chi connectivity index (χ1n) is 5.00. The maximum atomic E-state index is 11.5. The minimum atomic E-state index is -1.11. The molecule has 0 aliphatic carbocycles. The molecule has 0 radical (unpaired) electrons. The molecule has 17 heavy (non-hydrogen) atoms. The molecule has 6 nitrogen and oxygen atoms in total. The number of nitrogens with one attached hydrogen (secondary N) is 2. The second-order valence-corrected chi connectivity index (χ2v) is 3.66. The first kappa shape index (κ1) is 11.3. The van der Waals surface area contributed by atoms with Crippen molar-refractivity contribution in [3.05, 3.63) is 62.2 Å². The van der Waals surface area contributed by atoms with Gasteiger partial charge in [-0.3, -0.25) is 14.8 Å². The van der Waals surface area contributed by atoms with Gasteiger partial charge in [0.2, 0.25) is 0 Å². The predicted octanol–water partition coefficient (Wildman–Crippen LogP) is -0.152. The van der Waals surface area contributed by atoms with Crippen LogP contribution in [0.25, 0.3) is 0 Å². The Bertz CT molecular complexity index is 627. The summed E-state index contributed by atoms with van der Waals surface area (Å²) in [6.07, 6.45) is 1.58. The average molecular weight is 233 g/mol. The third-order valence-corrected chi connectivity index (χ3v) is 2.39. The molecule has 0 bridgehead atoms. The van der Waals surface area contributed by atoms with Crippen LogP contribution in [-0.2, 0) is 0 Å². The second-order valence-electron chi connectivity index (χ2n) is 3.66. The van der Waals surface area contributed by atoms with Crippen molar-refractivity contribution in [1.29, 1.82) is 0 Å². The number of aryl methyl sites for hydroxylation is 1. The van der Waals surface area contributed by atoms with E-state index < -0.39 is 17.4 Å². The fraction of sp³-hybridized carbons (Fsp3) is 0.182. The van der Waals surface area contributed by atoms with E-state index in [2.05, 4.69) is 15.0 Å². The zero-order valence-corrected chi connectivity index (χ0v) is 9.10. The summed E-state index contributed by atoms with van der Waals surface area (Å²) >= 11 is 0. The van der Waals surface area contributed by atoms with Gasteiger partial charge in [0.1, 0.15) is 6.10 Å². The lowest BCUT2D eigenvalue weighted by molar-refractivity contribution is 0.217. The second kappa shape index (κ2) is 4.34. The normalized spacial score (nSPS) is 12.4. The maximum Gasteiger partial charge on any atom is 0.325 e. The standard InChI is InChI=1S/C11H11N3O3/c1-6-2-3-7(4-12-6)9(15)8-5-13-11(17)14-10(8)16/h2-5,9,15H,1H3,(H2,13,14,16,17). The SMILES string of the molecule is Cc1ccc(C(O)c2c[nH]c(=O)[nH]c2=O)cn1. The zero-order valence-electron chi connectivity index (χ0n) is 9.10. The van der Waals surface area contributed by atoms with Gasteiger partial charge >= 0.3 is 5.69 Å². The Morgan fingerprint density at radius 1 is 1.35 bits per heavy atom. The van der Waals surface area contributed by atoms with Gasteiger partial charge in [0.05, 0.1) is 5.56 Å². The molecule has 2 heterocycles. The van der Waals surface area contributed by atoms with Crippen LogP contribution in [0.1, 0.15) is 22.9 Å². The number of aromatic amines is 2. The summed E-state index contributed by atoms with van der Waals surface area (Å²) in [5.41, 5.74) is 0.175. The van der Waals surface area contributed by atoms with Crippen molar-refractivity contribution >= 4 is 0 Å². The highest BCUT2D eigenvalue weighted by Gasteiger charge is 2.14. The van der Waals surface area contributed by atoms with Crippen LogP contribution in [0.4, 0.5) is 0 Å². The summed E-state index contributed by atoms with van der Waals surface area (Å²) in [7, 11) is 0. The number of aromatic nitrogens is 3. The Morgan fingerprint density at radius 3 is 2.71 bits per heavy atom. The molecule has 1 atom stereocenters. The van der Waals surface area contributed by atoms with E-state index in [1.807, 2.05) is 6.92 Å². The van der Waals surface area contributed by atoms with Gasteiger partial charge in [0.15, 0.2) is 0 Å². The Labute approximate surface area is 96.0 Å². The van der Waals surface area contributed by atoms with Crippen molar-refractivity contribution in [3.8, 4) is 0 Å². The molecule has 0 spiro atoms. The van der Waals surface area contributed by atoms with Crippen molar-refractivity contribution in [3.63, 3.8) is 0 Å². The molecule has 2 aromatic heterocycles. The fourth-order valence-electron chi connectivity index (χ4n) is 1.44. The van der Waals surface area contributed by atoms with E-state index in [0.29, 0.717) is 5.56 Å². The highest BCUT2D eigenvalue weighted by Crippen LogP contribution is 2.16. The summed E-state index contributed by atoms with van der Waals surface area (Å²) in [4.78, 5) is 30.7. The van der Waals surface area contributed by atoms with E-state index in [0.717, 1.165) is 5.69 Å². The number of rotatable bonds is 2. The molecule has 2 aromatic rings. The van der Waals surface area contributed by atoms with Crippen molar-refractivity contribution in [2.75, 3.05) is 0 Å². The van der Waals surface area contributed by atoms with Gasteiger partial charge in [0, 0.05) is 23.7 Å². The Balaban J connectivity index is 2.43. The Kier molecular flexibility index (Phi) is 2.88. The number of hydrogen-bond acceptors (Lipinski definition) is 4. The number of hydrogen-bond donors (Lipinski definition) is 3. The minimum Gasteiger partial charge on any atom is -0.383 e. The van der Waals surface area contributed by atoms with Gasteiger partial charge in [-0.1, -0.05) is 6.07 Å². The first-order valence-corrected chi connectivity index (χ1v) is 5.00. The van der Waals surface area contributed by atoms with Crippen molar-refractivity contribution in [1.82, 2.24) is 15.0 Å². The van der Waals surface area contributed by atoms with Gasteiger partial charge in [-0.2, -0.15) is 0 Å². The number of pyridine rings is 1. The van der Waals surface area contributed by atoms with Gasteiger partial charge in [-0.15, -0.1) is 0 Å². The highest BCUT2D eigenvalue weighted by atomic mass is 16.3. The summed E-state index contributed by atoms with van der Waals surface area (Å²) < 4.78 is 0. The van der Waals surface area contributed by atoms with Gasteiger partial charge in [-0.05, 0) is 13.0 Å². The quantitative estimate of drug-likeness (QED) is 0.671. The number of aliphatic hydroxyl groups excluding tert-OH is 1. The van der Waals surface area contributed by atoms with Crippen molar-refractivity contribution in [2.24, 2.45) is 0 Å². The largest absolute Gasteiger partial charge is 0.383 e. The lowest BCUT2D eigenvalue weighted by atomic mass is 10.1. The molecule has 6 heteroatoms. The molecule has 1 unspecified atom stereocenters. The van der Waals surface area contributed by atoms with Gasteiger partial charge in [-0.25, -0.2) is 4.79 Å². The van der Waals surface area contributed by atoms with Crippen LogP contribution >= 0.6 is 0 Å². The highest BCUT2D eigenvalue weighted by molar-refractivity contribution is 5.25. The van der Waals surface area contributed by atoms with Gasteiger partial charge < -0.3 is 10.1 Å². The zero-order chi connectivity index (χ0) is 12.4. The molecule has 88 valence electrons. The molecule has 0 fully saturated rings. The molecule has 2 rings (SSSR count). The van der Waals surface area contributed by atoms with E-state index in [-0.39, 0.29) is 5.56 Å². The Hall–Kier alpha value is -2.21. The van der Waals surface area contributed by atoms with E-state index in [4.69, 9.17) is 0 Å². The molecule has 3 N–H and O–H groups in total. The average Bonchev–Trinajstić information content (AvgIpc) is 2.29. The van der Waals surface area contributed by atoms with Crippen LogP contribution in [0.5, 0.6) is 0 Å². The molecular formula is C11H11N3O3. The summed E-state index contributed by atoms with van der Waals surface area (Å²) in [5.74, 6) is 0. The topological polar surface area (TPSA) is 98.8 Å². The van der Waals surface area contributed by atoms with E-state index >= 15 is 0 Å². The lowest BCUT2D eigenvalue weighted by Crippen LogP contribution is -2.26. The van der Waals surface area contributed by atoms with Crippen molar-refractivity contribution in [2.45, 2.75) is 13.0 Å². The summed E-state index contributed by atoms with van der Waals surface area (Å²) in [6.45, 7) is 1.82. The summed E-state index contributed by atoms with van der Waals surface area (Å²) in [6, 6.07) is 3.41. The summed E-state index contributed by atoms with van der Waals surface area (Å²) in [5, 5.41) is 9.97. The Morgan fingerprint density at radius 2 is 2.12 bits per heavy atom. The van der Waals surface area contributed by atoms with E-state index in [1.54, 1.807) is 12.1 Å². The fourth-order valence-corrected chi connectivity index (χ4v) is 1.44. The van der Waals surface area contributed by atoms with E-state index in [1.165, 1.54) is 12.4 Å². The number of nitrogens with zero attached hydrogens (tertiary/aromatic N) is 1. The number of aliphatic hydroxyl groups is 1. The maximum absolute atomic E-state index is 11.5. The van der Waals surface area contributed by atoms with E-state index in [9.17, 15) is 14.7 Å². The van der Waals surface area contributed by atoms with Crippen LogP contribution in [0, 0.1) is 6.92 Å². The molecule has 0 amide bonds. The molecule has 0 aliphatic rings. The first-order chi connectivity index (χ1) is 8.08. The minimum absolute atomic E-state index is 0.0789. The lowest BCUT2D eigenvalue weighted by Gasteiger charge is -2.09. The molecule has 0 aliphatic heterocycles. The monoisotopic (exact) mass is 233 g/mol. The smallest absolute Gasteiger partial charge is 0.325 e. The van der Waals surface area contributed by atoms with Crippen LogP contribution in [-0.4, -0.2) is 20.1 Å². The third kappa shape index (κ3) is 2.31. The molecule has 0 saturated carbocycles. The van der Waals surface area contributed by atoms with Gasteiger partial charge in [0.25, 0.3) is 5.56 Å². The van der Waals surface area contributed by atoms with Crippen LogP contribution < -0.4 is 11.2 Å². The molecular weight excluding hydrogens is 222 g/mol. The molecule has 0 saturated heterocycles. The van der Waals surface area contributed by atoms with Crippen molar-refractivity contribution < 1.29 is 5.11 Å². The number of H-pyrrole nitrogens is 2. The van der Waals surface area contributed by atoms with Crippen LogP contribution in [0.2, 0.25) is 0 Å². The van der Waals surface area contributed by atoms with Crippen LogP contribution in [0.3, 0.4) is 0 Å². The third-order valence-electron chi connectivity index (χ3n) is 2.39.